The first-order valence-corrected chi connectivity index (χ1v) is 7.94. The summed E-state index contributed by atoms with van der Waals surface area (Å²) in [5.41, 5.74) is 3.05. The van der Waals surface area contributed by atoms with Crippen molar-refractivity contribution in [1.82, 2.24) is 14.8 Å². The largest absolute Gasteiger partial charge is 0.494 e. The fourth-order valence-electron chi connectivity index (χ4n) is 3.13. The Kier molecular flexibility index (Phi) is 3.71. The number of hydrogen-bond donors (Lipinski definition) is 0. The minimum Gasteiger partial charge on any atom is -0.494 e. The van der Waals surface area contributed by atoms with Crippen molar-refractivity contribution >= 4 is 10.9 Å². The summed E-state index contributed by atoms with van der Waals surface area (Å²) in [6.45, 7) is 0.815. The van der Waals surface area contributed by atoms with Crippen molar-refractivity contribution in [3.8, 4) is 16.9 Å². The standard InChI is InChI=1S/C18H19N3O2/c1-22-16-8-7-14(15-5-4-9-19-18(15)16)13-11-20-21(12-13)17-6-2-3-10-23-17/h4-5,7-9,11-12,17H,2-3,6,10H2,1H3/t17-/m0/s1. The van der Waals surface area contributed by atoms with Crippen LogP contribution in [0.4, 0.5) is 0 Å². The number of nitrogens with zero attached hydrogens (tertiary/aromatic N) is 3. The van der Waals surface area contributed by atoms with Crippen LogP contribution < -0.4 is 4.74 Å². The van der Waals surface area contributed by atoms with E-state index < -0.39 is 0 Å². The highest BCUT2D eigenvalue weighted by molar-refractivity contribution is 5.97. The van der Waals surface area contributed by atoms with Gasteiger partial charge in [0.25, 0.3) is 0 Å². The maximum absolute atomic E-state index is 5.81. The molecule has 5 nitrogen and oxygen atoms in total. The highest BCUT2D eigenvalue weighted by atomic mass is 16.5. The molecule has 23 heavy (non-hydrogen) atoms. The monoisotopic (exact) mass is 309 g/mol. The van der Waals surface area contributed by atoms with E-state index in [4.69, 9.17) is 9.47 Å². The Balaban J connectivity index is 1.76. The molecule has 0 saturated carbocycles. The van der Waals surface area contributed by atoms with Gasteiger partial charge in [-0.25, -0.2) is 4.68 Å². The summed E-state index contributed by atoms with van der Waals surface area (Å²) in [5.74, 6) is 0.785. The molecule has 3 heterocycles. The molecule has 1 atom stereocenters. The van der Waals surface area contributed by atoms with Crippen molar-refractivity contribution < 1.29 is 9.47 Å². The van der Waals surface area contributed by atoms with Crippen LogP contribution in [0.15, 0.2) is 42.9 Å². The predicted octanol–water partition coefficient (Wildman–Crippen LogP) is 3.81. The van der Waals surface area contributed by atoms with Gasteiger partial charge < -0.3 is 9.47 Å². The zero-order valence-corrected chi connectivity index (χ0v) is 13.1. The molecule has 0 radical (unpaired) electrons. The van der Waals surface area contributed by atoms with E-state index in [9.17, 15) is 0 Å². The Morgan fingerprint density at radius 2 is 2.22 bits per heavy atom. The molecule has 4 rings (SSSR count). The highest BCUT2D eigenvalue weighted by Crippen LogP contribution is 2.33. The molecule has 0 N–H and O–H groups in total. The summed E-state index contributed by atoms with van der Waals surface area (Å²) in [4.78, 5) is 4.46. The molecule has 0 unspecified atom stereocenters. The topological polar surface area (TPSA) is 49.2 Å². The van der Waals surface area contributed by atoms with Gasteiger partial charge in [0.2, 0.25) is 0 Å². The van der Waals surface area contributed by atoms with E-state index in [1.54, 1.807) is 13.3 Å². The van der Waals surface area contributed by atoms with E-state index in [1.807, 2.05) is 23.0 Å². The average Bonchev–Trinajstić information content (AvgIpc) is 3.11. The third-order valence-electron chi connectivity index (χ3n) is 4.32. The summed E-state index contributed by atoms with van der Waals surface area (Å²) in [6.07, 6.45) is 9.14. The lowest BCUT2D eigenvalue weighted by atomic mass is 10.0. The van der Waals surface area contributed by atoms with Gasteiger partial charge in [0.1, 0.15) is 17.5 Å². The number of fused-ring (bicyclic) bond motifs is 1. The molecule has 1 aliphatic rings. The van der Waals surface area contributed by atoms with Gasteiger partial charge in [-0.05, 0) is 43.0 Å². The van der Waals surface area contributed by atoms with E-state index in [0.717, 1.165) is 47.2 Å². The van der Waals surface area contributed by atoms with Gasteiger partial charge in [-0.3, -0.25) is 4.98 Å². The Morgan fingerprint density at radius 1 is 1.26 bits per heavy atom. The molecular formula is C18H19N3O2. The Hall–Kier alpha value is -2.40. The lowest BCUT2D eigenvalue weighted by molar-refractivity contribution is -0.0394. The molecule has 5 heteroatoms. The van der Waals surface area contributed by atoms with Crippen molar-refractivity contribution in [2.75, 3.05) is 13.7 Å². The van der Waals surface area contributed by atoms with Gasteiger partial charge in [-0.15, -0.1) is 0 Å². The van der Waals surface area contributed by atoms with E-state index in [-0.39, 0.29) is 6.23 Å². The van der Waals surface area contributed by atoms with Crippen LogP contribution in [0.5, 0.6) is 5.75 Å². The third kappa shape index (κ3) is 2.57. The summed E-state index contributed by atoms with van der Waals surface area (Å²) in [7, 11) is 1.67. The number of methoxy groups -OCH3 is 1. The molecule has 118 valence electrons. The first-order valence-electron chi connectivity index (χ1n) is 7.94. The number of hydrogen-bond acceptors (Lipinski definition) is 4. The minimum absolute atomic E-state index is 0.0557. The van der Waals surface area contributed by atoms with Crippen molar-refractivity contribution in [3.63, 3.8) is 0 Å². The second-order valence-electron chi connectivity index (χ2n) is 5.75. The molecule has 0 bridgehead atoms. The van der Waals surface area contributed by atoms with Crippen LogP contribution in [0.25, 0.3) is 22.0 Å². The molecule has 1 aliphatic heterocycles. The van der Waals surface area contributed by atoms with Crippen LogP contribution in [0, 0.1) is 0 Å². The minimum atomic E-state index is 0.0557. The van der Waals surface area contributed by atoms with Crippen molar-refractivity contribution in [3.05, 3.63) is 42.9 Å². The Bertz CT molecular complexity index is 822. The Morgan fingerprint density at radius 3 is 3.04 bits per heavy atom. The van der Waals surface area contributed by atoms with Crippen molar-refractivity contribution in [2.24, 2.45) is 0 Å². The number of pyridine rings is 1. The fraction of sp³-hybridized carbons (Fsp3) is 0.333. The number of ether oxygens (including phenoxy) is 2. The molecule has 2 aromatic heterocycles. The van der Waals surface area contributed by atoms with Crippen LogP contribution in [0.1, 0.15) is 25.5 Å². The van der Waals surface area contributed by atoms with Crippen LogP contribution in [0.3, 0.4) is 0 Å². The van der Waals surface area contributed by atoms with Crippen molar-refractivity contribution in [2.45, 2.75) is 25.5 Å². The van der Waals surface area contributed by atoms with Gasteiger partial charge >= 0.3 is 0 Å². The SMILES string of the molecule is COc1ccc(-c2cnn([C@@H]3CCCCO3)c2)c2cccnc12. The fourth-order valence-corrected chi connectivity index (χ4v) is 3.13. The van der Waals surface area contributed by atoms with Crippen molar-refractivity contribution in [1.29, 1.82) is 0 Å². The maximum atomic E-state index is 5.81. The van der Waals surface area contributed by atoms with Crippen LogP contribution >= 0.6 is 0 Å². The lowest BCUT2D eigenvalue weighted by Crippen LogP contribution is -2.18. The van der Waals surface area contributed by atoms with Gasteiger partial charge in [0.05, 0.1) is 13.3 Å². The molecular weight excluding hydrogens is 290 g/mol. The summed E-state index contributed by atoms with van der Waals surface area (Å²) in [6, 6.07) is 8.03. The quantitative estimate of drug-likeness (QED) is 0.738. The lowest BCUT2D eigenvalue weighted by Gasteiger charge is -2.22. The molecule has 3 aromatic rings. The van der Waals surface area contributed by atoms with E-state index in [1.165, 1.54) is 6.42 Å². The second kappa shape index (κ2) is 6.01. The first kappa shape index (κ1) is 14.2. The summed E-state index contributed by atoms with van der Waals surface area (Å²) >= 11 is 0. The van der Waals surface area contributed by atoms with Crippen LogP contribution in [0.2, 0.25) is 0 Å². The number of benzene rings is 1. The predicted molar refractivity (Wildman–Crippen MR) is 88.4 cm³/mol. The highest BCUT2D eigenvalue weighted by Gasteiger charge is 2.17. The van der Waals surface area contributed by atoms with Gasteiger partial charge in [0.15, 0.2) is 0 Å². The molecule has 1 fully saturated rings. The molecule has 0 aliphatic carbocycles. The van der Waals surface area contributed by atoms with E-state index in [2.05, 4.69) is 28.4 Å². The van der Waals surface area contributed by atoms with Gasteiger partial charge in [0, 0.05) is 30.0 Å². The van der Waals surface area contributed by atoms with E-state index in [0.29, 0.717) is 0 Å². The number of rotatable bonds is 3. The summed E-state index contributed by atoms with van der Waals surface area (Å²) < 4.78 is 13.2. The zero-order valence-electron chi connectivity index (χ0n) is 13.1. The first-order chi connectivity index (χ1) is 11.4. The zero-order chi connectivity index (χ0) is 15.6. The smallest absolute Gasteiger partial charge is 0.150 e. The van der Waals surface area contributed by atoms with Gasteiger partial charge in [-0.1, -0.05) is 6.07 Å². The van der Waals surface area contributed by atoms with Crippen LogP contribution in [-0.2, 0) is 4.74 Å². The molecule has 0 spiro atoms. The van der Waals surface area contributed by atoms with Crippen LogP contribution in [-0.4, -0.2) is 28.5 Å². The summed E-state index contributed by atoms with van der Waals surface area (Å²) in [5, 5.41) is 5.57. The van der Waals surface area contributed by atoms with Gasteiger partial charge in [-0.2, -0.15) is 5.10 Å². The number of aromatic nitrogens is 3. The second-order valence-corrected chi connectivity index (χ2v) is 5.75. The third-order valence-corrected chi connectivity index (χ3v) is 4.32. The maximum Gasteiger partial charge on any atom is 0.150 e. The normalized spacial score (nSPS) is 18.2. The molecule has 0 amide bonds. The average molecular weight is 309 g/mol. The van der Waals surface area contributed by atoms with E-state index >= 15 is 0 Å². The molecule has 1 aromatic carbocycles. The Labute approximate surface area is 134 Å². The molecule has 1 saturated heterocycles.